The molecule has 1 fully saturated rings. The molecule has 0 bridgehead atoms. The highest BCUT2D eigenvalue weighted by Gasteiger charge is 2.20. The van der Waals surface area contributed by atoms with Crippen LogP contribution < -0.4 is 5.32 Å². The smallest absolute Gasteiger partial charge is 0.0965 e. The number of nitrogens with zero attached hydrogens (tertiary/aromatic N) is 3. The van der Waals surface area contributed by atoms with Crippen LogP contribution in [0, 0.1) is 5.92 Å². The minimum atomic E-state index is 0.0141. The van der Waals surface area contributed by atoms with E-state index in [0.29, 0.717) is 6.04 Å². The Bertz CT molecular complexity index is 385. The van der Waals surface area contributed by atoms with Crippen molar-refractivity contribution in [2.24, 2.45) is 5.92 Å². The Balaban J connectivity index is 1.83. The fraction of sp³-hybridized carbons (Fsp3) is 0.867. The summed E-state index contributed by atoms with van der Waals surface area (Å²) >= 11 is 0. The average molecular weight is 264 g/mol. The molecular formula is C15H28N4. The van der Waals surface area contributed by atoms with E-state index in [1.54, 1.807) is 0 Å². The summed E-state index contributed by atoms with van der Waals surface area (Å²) in [5.41, 5.74) is 1.05. The van der Waals surface area contributed by atoms with E-state index in [9.17, 15) is 0 Å². The van der Waals surface area contributed by atoms with Crippen molar-refractivity contribution < 1.29 is 0 Å². The topological polar surface area (TPSA) is 42.7 Å². The van der Waals surface area contributed by atoms with Gasteiger partial charge in [-0.25, -0.2) is 4.68 Å². The van der Waals surface area contributed by atoms with Gasteiger partial charge < -0.3 is 5.32 Å². The summed E-state index contributed by atoms with van der Waals surface area (Å²) < 4.78 is 1.94. The highest BCUT2D eigenvalue weighted by atomic mass is 15.4. The first-order valence-corrected chi connectivity index (χ1v) is 7.62. The van der Waals surface area contributed by atoms with Gasteiger partial charge in [0.15, 0.2) is 0 Å². The monoisotopic (exact) mass is 264 g/mol. The van der Waals surface area contributed by atoms with Crippen molar-refractivity contribution in [3.63, 3.8) is 0 Å². The first-order valence-electron chi connectivity index (χ1n) is 7.62. The minimum absolute atomic E-state index is 0.0141. The lowest BCUT2D eigenvalue weighted by atomic mass is 9.84. The van der Waals surface area contributed by atoms with Crippen molar-refractivity contribution in [2.45, 2.75) is 77.9 Å². The minimum Gasteiger partial charge on any atom is -0.308 e. The molecule has 1 aromatic rings. The van der Waals surface area contributed by atoms with Gasteiger partial charge in [-0.1, -0.05) is 24.5 Å². The normalized spacial score (nSPS) is 19.6. The molecule has 1 saturated carbocycles. The van der Waals surface area contributed by atoms with Gasteiger partial charge in [-0.3, -0.25) is 0 Å². The summed E-state index contributed by atoms with van der Waals surface area (Å²) in [7, 11) is 0. The third-order valence-corrected chi connectivity index (χ3v) is 4.19. The zero-order valence-electron chi connectivity index (χ0n) is 12.8. The third kappa shape index (κ3) is 4.03. The van der Waals surface area contributed by atoms with E-state index >= 15 is 0 Å². The predicted molar refractivity (Wildman–Crippen MR) is 77.9 cm³/mol. The van der Waals surface area contributed by atoms with Gasteiger partial charge in [0.05, 0.1) is 17.4 Å². The Morgan fingerprint density at radius 2 is 2.00 bits per heavy atom. The molecule has 108 valence electrons. The molecule has 1 aliphatic carbocycles. The summed E-state index contributed by atoms with van der Waals surface area (Å²) in [6.45, 7) is 9.56. The Morgan fingerprint density at radius 3 is 2.58 bits per heavy atom. The van der Waals surface area contributed by atoms with E-state index in [1.165, 1.54) is 32.1 Å². The van der Waals surface area contributed by atoms with E-state index in [-0.39, 0.29) is 5.54 Å². The molecule has 1 aromatic heterocycles. The van der Waals surface area contributed by atoms with Gasteiger partial charge in [0.25, 0.3) is 0 Å². The van der Waals surface area contributed by atoms with E-state index in [0.717, 1.165) is 18.2 Å². The zero-order chi connectivity index (χ0) is 13.9. The molecule has 19 heavy (non-hydrogen) atoms. The van der Waals surface area contributed by atoms with E-state index < -0.39 is 0 Å². The molecule has 0 radical (unpaired) electrons. The fourth-order valence-corrected chi connectivity index (χ4v) is 2.77. The predicted octanol–water partition coefficient (Wildman–Crippen LogP) is 3.09. The molecule has 0 amide bonds. The lowest BCUT2D eigenvalue weighted by Gasteiger charge is -2.28. The van der Waals surface area contributed by atoms with Gasteiger partial charge in [-0.2, -0.15) is 0 Å². The second kappa shape index (κ2) is 6.04. The number of aromatic nitrogens is 3. The highest BCUT2D eigenvalue weighted by Crippen LogP contribution is 2.26. The third-order valence-electron chi connectivity index (χ3n) is 4.19. The van der Waals surface area contributed by atoms with Crippen LogP contribution in [0.4, 0.5) is 0 Å². The van der Waals surface area contributed by atoms with Crippen molar-refractivity contribution in [1.29, 1.82) is 0 Å². The molecule has 0 saturated heterocycles. The number of nitrogens with one attached hydrogen (secondary N) is 1. The van der Waals surface area contributed by atoms with Crippen molar-refractivity contribution in [3.05, 3.63) is 11.9 Å². The molecule has 1 heterocycles. The Morgan fingerprint density at radius 1 is 1.32 bits per heavy atom. The van der Waals surface area contributed by atoms with Crippen LogP contribution in [-0.2, 0) is 12.1 Å². The van der Waals surface area contributed by atoms with Gasteiger partial charge in [0, 0.05) is 12.6 Å². The van der Waals surface area contributed by atoms with Gasteiger partial charge >= 0.3 is 0 Å². The average Bonchev–Trinajstić information content (AvgIpc) is 2.86. The molecule has 1 aliphatic rings. The molecule has 0 unspecified atom stereocenters. The quantitative estimate of drug-likeness (QED) is 0.908. The van der Waals surface area contributed by atoms with Crippen LogP contribution in [0.5, 0.6) is 0 Å². The van der Waals surface area contributed by atoms with Crippen molar-refractivity contribution in [2.75, 3.05) is 0 Å². The van der Waals surface area contributed by atoms with Gasteiger partial charge in [-0.15, -0.1) is 5.10 Å². The van der Waals surface area contributed by atoms with Crippen molar-refractivity contribution in [3.8, 4) is 0 Å². The summed E-state index contributed by atoms with van der Waals surface area (Å²) in [5.74, 6) is 0.839. The largest absolute Gasteiger partial charge is 0.308 e. The van der Waals surface area contributed by atoms with Crippen LogP contribution in [0.1, 0.15) is 65.5 Å². The molecule has 0 aliphatic heterocycles. The van der Waals surface area contributed by atoms with Gasteiger partial charge in [0.2, 0.25) is 0 Å². The first kappa shape index (κ1) is 14.5. The molecule has 1 atom stereocenters. The number of hydrogen-bond donors (Lipinski definition) is 1. The first-order chi connectivity index (χ1) is 8.97. The van der Waals surface area contributed by atoms with Crippen molar-refractivity contribution in [1.82, 2.24) is 20.3 Å². The Hall–Kier alpha value is -0.900. The van der Waals surface area contributed by atoms with Crippen LogP contribution in [0.25, 0.3) is 0 Å². The molecule has 4 nitrogen and oxygen atoms in total. The molecular weight excluding hydrogens is 236 g/mol. The lowest BCUT2D eigenvalue weighted by Crippen LogP contribution is -2.34. The second-order valence-electron chi connectivity index (χ2n) is 6.89. The van der Waals surface area contributed by atoms with Crippen LogP contribution >= 0.6 is 0 Å². The van der Waals surface area contributed by atoms with E-state index in [4.69, 9.17) is 0 Å². The van der Waals surface area contributed by atoms with Gasteiger partial charge in [-0.05, 0) is 46.5 Å². The fourth-order valence-electron chi connectivity index (χ4n) is 2.77. The van der Waals surface area contributed by atoms with Crippen LogP contribution in [0.15, 0.2) is 6.20 Å². The van der Waals surface area contributed by atoms with Gasteiger partial charge in [0.1, 0.15) is 0 Å². The Kier molecular flexibility index (Phi) is 4.61. The van der Waals surface area contributed by atoms with Crippen LogP contribution in [0.2, 0.25) is 0 Å². The molecule has 0 spiro atoms. The van der Waals surface area contributed by atoms with Crippen LogP contribution in [0.3, 0.4) is 0 Å². The lowest BCUT2D eigenvalue weighted by molar-refractivity contribution is 0.280. The Labute approximate surface area is 117 Å². The summed E-state index contributed by atoms with van der Waals surface area (Å²) in [5, 5.41) is 12.1. The molecule has 1 N–H and O–H groups in total. The maximum atomic E-state index is 4.25. The maximum Gasteiger partial charge on any atom is 0.0965 e. The number of hydrogen-bond acceptors (Lipinski definition) is 3. The molecule has 2 rings (SSSR count). The summed E-state index contributed by atoms with van der Waals surface area (Å²) in [6.07, 6.45) is 9.03. The van der Waals surface area contributed by atoms with E-state index in [1.807, 2.05) is 4.68 Å². The molecule has 4 heteroatoms. The maximum absolute atomic E-state index is 4.25. The van der Waals surface area contributed by atoms with Crippen LogP contribution in [-0.4, -0.2) is 21.0 Å². The SMILES string of the molecule is C[C@H](NCc1cn(C(C)(C)C)nn1)C1CCCCC1. The number of rotatable bonds is 4. The summed E-state index contributed by atoms with van der Waals surface area (Å²) in [4.78, 5) is 0. The van der Waals surface area contributed by atoms with E-state index in [2.05, 4.69) is 49.5 Å². The second-order valence-corrected chi connectivity index (χ2v) is 6.89. The van der Waals surface area contributed by atoms with Crippen molar-refractivity contribution >= 4 is 0 Å². The zero-order valence-corrected chi connectivity index (χ0v) is 12.8. The highest BCUT2D eigenvalue weighted by molar-refractivity contribution is 4.94. The molecule has 0 aromatic carbocycles. The summed E-state index contributed by atoms with van der Waals surface area (Å²) in [6, 6.07) is 0.583. The standard InChI is InChI=1S/C15H28N4/c1-12(13-8-6-5-7-9-13)16-10-14-11-19(18-17-14)15(2,3)4/h11-13,16H,5-10H2,1-4H3/t12-/m0/s1.